The summed E-state index contributed by atoms with van der Waals surface area (Å²) >= 11 is 0. The lowest BCUT2D eigenvalue weighted by molar-refractivity contribution is -0.131. The molecule has 1 N–H and O–H groups in total. The average Bonchev–Trinajstić information content (AvgIpc) is 2.86. The van der Waals surface area contributed by atoms with Crippen LogP contribution in [0.15, 0.2) is 24.3 Å². The van der Waals surface area contributed by atoms with Crippen molar-refractivity contribution in [2.24, 2.45) is 5.92 Å². The highest BCUT2D eigenvalue weighted by Crippen LogP contribution is 2.36. The van der Waals surface area contributed by atoms with Crippen molar-refractivity contribution in [3.8, 4) is 0 Å². The number of likely N-dealkylation sites (tertiary alicyclic amines) is 1. The third-order valence-corrected chi connectivity index (χ3v) is 3.85. The first-order valence-corrected chi connectivity index (χ1v) is 7.37. The van der Waals surface area contributed by atoms with Crippen LogP contribution in [-0.4, -0.2) is 44.2 Å². The Bertz CT molecular complexity index is 487. The first-order valence-electron chi connectivity index (χ1n) is 7.37. The van der Waals surface area contributed by atoms with Gasteiger partial charge in [-0.2, -0.15) is 0 Å². The molecule has 6 heteroatoms. The molecule has 1 aromatic rings. The number of amides is 1. The molecular formula is C16H24ClFN2O2. The summed E-state index contributed by atoms with van der Waals surface area (Å²) in [5.74, 6) is 0.169. The topological polar surface area (TPSA) is 41.6 Å². The number of hydrogen-bond acceptors (Lipinski definition) is 3. The number of hydrogen-bond donors (Lipinski definition) is 1. The quantitative estimate of drug-likeness (QED) is 0.814. The molecule has 1 aliphatic rings. The maximum absolute atomic E-state index is 14.0. The predicted octanol–water partition coefficient (Wildman–Crippen LogP) is 2.39. The molecule has 1 fully saturated rings. The van der Waals surface area contributed by atoms with Crippen molar-refractivity contribution in [2.45, 2.75) is 19.4 Å². The van der Waals surface area contributed by atoms with Gasteiger partial charge < -0.3 is 15.0 Å². The molecule has 1 amide bonds. The van der Waals surface area contributed by atoms with Crippen molar-refractivity contribution in [3.05, 3.63) is 35.6 Å². The number of ether oxygens (including phenoxy) is 1. The number of methoxy groups -OCH3 is 1. The van der Waals surface area contributed by atoms with Crippen LogP contribution in [-0.2, 0) is 9.53 Å². The van der Waals surface area contributed by atoms with Crippen LogP contribution >= 0.6 is 12.4 Å². The van der Waals surface area contributed by atoms with Gasteiger partial charge in [0.05, 0.1) is 19.2 Å². The van der Waals surface area contributed by atoms with E-state index in [0.29, 0.717) is 31.2 Å². The van der Waals surface area contributed by atoms with E-state index in [1.165, 1.54) is 6.07 Å². The Morgan fingerprint density at radius 2 is 2.18 bits per heavy atom. The molecule has 1 saturated heterocycles. The van der Waals surface area contributed by atoms with Gasteiger partial charge in [-0.3, -0.25) is 4.79 Å². The van der Waals surface area contributed by atoms with Gasteiger partial charge in [-0.1, -0.05) is 25.1 Å². The third-order valence-electron chi connectivity index (χ3n) is 3.85. The first kappa shape index (κ1) is 18.9. The van der Waals surface area contributed by atoms with E-state index in [4.69, 9.17) is 4.74 Å². The number of benzene rings is 1. The smallest absolute Gasteiger partial charge is 0.237 e. The van der Waals surface area contributed by atoms with Gasteiger partial charge in [0.15, 0.2) is 0 Å². The molecule has 0 radical (unpaired) electrons. The Kier molecular flexibility index (Phi) is 7.79. The zero-order valence-corrected chi connectivity index (χ0v) is 13.9. The van der Waals surface area contributed by atoms with Crippen LogP contribution in [0, 0.1) is 11.7 Å². The van der Waals surface area contributed by atoms with Gasteiger partial charge in [0.25, 0.3) is 0 Å². The van der Waals surface area contributed by atoms with Crippen molar-refractivity contribution in [1.82, 2.24) is 10.2 Å². The monoisotopic (exact) mass is 330 g/mol. The number of halogens is 2. The zero-order valence-electron chi connectivity index (χ0n) is 13.0. The summed E-state index contributed by atoms with van der Waals surface area (Å²) < 4.78 is 18.9. The average molecular weight is 331 g/mol. The molecule has 124 valence electrons. The highest BCUT2D eigenvalue weighted by molar-refractivity contribution is 5.85. The lowest BCUT2D eigenvalue weighted by atomic mass is 10.0. The van der Waals surface area contributed by atoms with Crippen molar-refractivity contribution < 1.29 is 13.9 Å². The second-order valence-electron chi connectivity index (χ2n) is 5.59. The standard InChI is InChI=1S/C16H23FN2O2.ClH/c1-12-9-15(13-5-3-4-6-14(13)17)19(11-12)16(20)10-18-7-8-21-2;/h3-6,12,15,18H,7-11H2,1-2H3;1H. The molecule has 2 unspecified atom stereocenters. The summed E-state index contributed by atoms with van der Waals surface area (Å²) in [5.41, 5.74) is 0.618. The molecular weight excluding hydrogens is 307 g/mol. The van der Waals surface area contributed by atoms with Crippen LogP contribution in [0.3, 0.4) is 0 Å². The predicted molar refractivity (Wildman–Crippen MR) is 86.6 cm³/mol. The highest BCUT2D eigenvalue weighted by atomic mass is 35.5. The molecule has 2 atom stereocenters. The molecule has 1 aromatic carbocycles. The van der Waals surface area contributed by atoms with E-state index in [-0.39, 0.29) is 36.7 Å². The highest BCUT2D eigenvalue weighted by Gasteiger charge is 2.34. The SMILES string of the molecule is COCCNCC(=O)N1CC(C)CC1c1ccccc1F.Cl. The Morgan fingerprint density at radius 1 is 1.45 bits per heavy atom. The van der Waals surface area contributed by atoms with Gasteiger partial charge in [-0.05, 0) is 18.4 Å². The zero-order chi connectivity index (χ0) is 15.2. The fourth-order valence-electron chi connectivity index (χ4n) is 2.83. The normalized spacial score (nSPS) is 20.8. The van der Waals surface area contributed by atoms with Gasteiger partial charge in [0, 0.05) is 25.8 Å². The van der Waals surface area contributed by atoms with Crippen LogP contribution in [0.1, 0.15) is 24.9 Å². The number of nitrogens with zero attached hydrogens (tertiary/aromatic N) is 1. The molecule has 2 rings (SSSR count). The van der Waals surface area contributed by atoms with Crippen molar-refractivity contribution in [2.75, 3.05) is 33.4 Å². The molecule has 1 heterocycles. The minimum Gasteiger partial charge on any atom is -0.383 e. The maximum Gasteiger partial charge on any atom is 0.237 e. The summed E-state index contributed by atoms with van der Waals surface area (Å²) in [4.78, 5) is 14.1. The minimum absolute atomic E-state index is 0. The van der Waals surface area contributed by atoms with Gasteiger partial charge in [-0.15, -0.1) is 12.4 Å². The first-order chi connectivity index (χ1) is 10.1. The van der Waals surface area contributed by atoms with Crippen LogP contribution in [0.25, 0.3) is 0 Å². The van der Waals surface area contributed by atoms with Gasteiger partial charge >= 0.3 is 0 Å². The van der Waals surface area contributed by atoms with Crippen LogP contribution < -0.4 is 5.32 Å². The summed E-state index contributed by atoms with van der Waals surface area (Å²) in [5, 5.41) is 3.05. The lowest BCUT2D eigenvalue weighted by Crippen LogP contribution is -2.39. The second kappa shape index (κ2) is 9.08. The third kappa shape index (κ3) is 4.66. The van der Waals surface area contributed by atoms with Crippen molar-refractivity contribution in [1.29, 1.82) is 0 Å². The molecule has 1 aliphatic heterocycles. The van der Waals surface area contributed by atoms with Crippen molar-refractivity contribution in [3.63, 3.8) is 0 Å². The van der Waals surface area contributed by atoms with E-state index in [1.54, 1.807) is 24.1 Å². The van der Waals surface area contributed by atoms with Crippen LogP contribution in [0.2, 0.25) is 0 Å². The maximum atomic E-state index is 14.0. The molecule has 0 aliphatic carbocycles. The Hall–Kier alpha value is -1.17. The van der Waals surface area contributed by atoms with Gasteiger partial charge in [-0.25, -0.2) is 4.39 Å². The largest absolute Gasteiger partial charge is 0.383 e. The van der Waals surface area contributed by atoms with Crippen molar-refractivity contribution >= 4 is 18.3 Å². The summed E-state index contributed by atoms with van der Waals surface area (Å²) in [6.07, 6.45) is 0.810. The molecule has 0 spiro atoms. The van der Waals surface area contributed by atoms with E-state index in [0.717, 1.165) is 6.42 Å². The number of carbonyl (C=O) groups excluding carboxylic acids is 1. The fourth-order valence-corrected chi connectivity index (χ4v) is 2.83. The van der Waals surface area contributed by atoms with E-state index >= 15 is 0 Å². The molecule has 4 nitrogen and oxygen atoms in total. The molecule has 22 heavy (non-hydrogen) atoms. The number of nitrogens with one attached hydrogen (secondary N) is 1. The van der Waals surface area contributed by atoms with E-state index in [1.807, 2.05) is 6.07 Å². The van der Waals surface area contributed by atoms with Crippen LogP contribution in [0.5, 0.6) is 0 Å². The molecule has 0 saturated carbocycles. The second-order valence-corrected chi connectivity index (χ2v) is 5.59. The van der Waals surface area contributed by atoms with Gasteiger partial charge in [0.2, 0.25) is 5.91 Å². The minimum atomic E-state index is -0.234. The summed E-state index contributed by atoms with van der Waals surface area (Å²) in [6, 6.07) is 6.57. The molecule has 0 bridgehead atoms. The summed E-state index contributed by atoms with van der Waals surface area (Å²) in [7, 11) is 1.62. The van der Waals surface area contributed by atoms with E-state index in [9.17, 15) is 9.18 Å². The number of carbonyl (C=O) groups is 1. The number of rotatable bonds is 6. The Balaban J connectivity index is 0.00000242. The van der Waals surface area contributed by atoms with Gasteiger partial charge in [0.1, 0.15) is 5.82 Å². The van der Waals surface area contributed by atoms with E-state index < -0.39 is 0 Å². The van der Waals surface area contributed by atoms with E-state index in [2.05, 4.69) is 12.2 Å². The van der Waals surface area contributed by atoms with Crippen LogP contribution in [0.4, 0.5) is 4.39 Å². The lowest BCUT2D eigenvalue weighted by Gasteiger charge is -2.25. The fraction of sp³-hybridized carbons (Fsp3) is 0.562. The Labute approximate surface area is 137 Å². The molecule has 0 aromatic heterocycles. The summed E-state index contributed by atoms with van der Waals surface area (Å²) in [6.45, 7) is 4.25. The Morgan fingerprint density at radius 3 is 2.86 bits per heavy atom.